The minimum atomic E-state index is -0.210. The molecule has 0 fully saturated rings. The van der Waals surface area contributed by atoms with Crippen LogP contribution in [0.25, 0.3) is 0 Å². The molecule has 23 heavy (non-hydrogen) atoms. The second-order valence-electron chi connectivity index (χ2n) is 4.93. The number of rotatable bonds is 4. The molecule has 1 atom stereocenters. The molecule has 1 aliphatic heterocycles. The van der Waals surface area contributed by atoms with Gasteiger partial charge < -0.3 is 20.5 Å². The number of benzene rings is 1. The first kappa shape index (κ1) is 17.5. The van der Waals surface area contributed by atoms with Gasteiger partial charge in [0.1, 0.15) is 23.9 Å². The summed E-state index contributed by atoms with van der Waals surface area (Å²) in [6, 6.07) is 5.52. The van der Waals surface area contributed by atoms with E-state index in [0.717, 1.165) is 16.3 Å². The third kappa shape index (κ3) is 3.93. The molecule has 2 aromatic rings. The van der Waals surface area contributed by atoms with Crippen LogP contribution >= 0.6 is 23.7 Å². The monoisotopic (exact) mass is 355 g/mol. The van der Waals surface area contributed by atoms with Crippen molar-refractivity contribution in [1.29, 1.82) is 0 Å². The number of hydrogen-bond acceptors (Lipinski definition) is 6. The summed E-state index contributed by atoms with van der Waals surface area (Å²) in [6.07, 6.45) is 0. The predicted octanol–water partition coefficient (Wildman–Crippen LogP) is 2.29. The van der Waals surface area contributed by atoms with E-state index in [2.05, 4.69) is 10.3 Å². The number of amides is 1. The van der Waals surface area contributed by atoms with E-state index in [-0.39, 0.29) is 24.4 Å². The Bertz CT molecular complexity index is 692. The van der Waals surface area contributed by atoms with Gasteiger partial charge in [-0.05, 0) is 24.6 Å². The van der Waals surface area contributed by atoms with E-state index < -0.39 is 0 Å². The zero-order valence-electron chi connectivity index (χ0n) is 12.6. The van der Waals surface area contributed by atoms with Crippen molar-refractivity contribution in [3.63, 3.8) is 0 Å². The van der Waals surface area contributed by atoms with Gasteiger partial charge in [0.05, 0.1) is 6.04 Å². The molecule has 0 bridgehead atoms. The highest BCUT2D eigenvalue weighted by molar-refractivity contribution is 7.09. The summed E-state index contributed by atoms with van der Waals surface area (Å²) >= 11 is 1.39. The van der Waals surface area contributed by atoms with Crippen LogP contribution in [-0.4, -0.2) is 24.1 Å². The molecule has 0 radical (unpaired) electrons. The smallest absolute Gasteiger partial charge is 0.271 e. The third-order valence-corrected chi connectivity index (χ3v) is 4.24. The fraction of sp³-hybridized carbons (Fsp3) is 0.333. The molecule has 1 aliphatic rings. The Balaban J connectivity index is 0.00000192. The van der Waals surface area contributed by atoms with Crippen molar-refractivity contribution in [3.8, 4) is 11.5 Å². The number of nitrogens with one attached hydrogen (secondary N) is 1. The lowest BCUT2D eigenvalue weighted by molar-refractivity contribution is 0.0935. The number of aromatic nitrogens is 1. The Morgan fingerprint density at radius 3 is 2.83 bits per heavy atom. The SMILES string of the molecule is CC(NC(=O)c1csc(CN)n1)c1ccc2c(c1)OCCO2.Cl. The number of thiazole rings is 1. The van der Waals surface area contributed by atoms with E-state index in [0.29, 0.717) is 31.2 Å². The van der Waals surface area contributed by atoms with Gasteiger partial charge in [-0.15, -0.1) is 23.7 Å². The number of halogens is 1. The van der Waals surface area contributed by atoms with Gasteiger partial charge in [0, 0.05) is 11.9 Å². The van der Waals surface area contributed by atoms with E-state index >= 15 is 0 Å². The van der Waals surface area contributed by atoms with Crippen molar-refractivity contribution in [2.75, 3.05) is 13.2 Å². The fourth-order valence-electron chi connectivity index (χ4n) is 2.19. The largest absolute Gasteiger partial charge is 0.486 e. The van der Waals surface area contributed by atoms with Crippen molar-refractivity contribution < 1.29 is 14.3 Å². The minimum Gasteiger partial charge on any atom is -0.486 e. The standard InChI is InChI=1S/C15H17N3O3S.ClH/c1-9(17-15(19)11-8-22-14(7-16)18-11)10-2-3-12-13(6-10)21-5-4-20-12;/h2-3,6,8-9H,4-5,7,16H2,1H3,(H,17,19);1H. The lowest BCUT2D eigenvalue weighted by Gasteiger charge is -2.21. The average Bonchev–Trinajstić information content (AvgIpc) is 3.03. The normalized spacial score (nSPS) is 13.8. The lowest BCUT2D eigenvalue weighted by atomic mass is 10.1. The first-order chi connectivity index (χ1) is 10.7. The van der Waals surface area contributed by atoms with E-state index in [9.17, 15) is 4.79 Å². The highest BCUT2D eigenvalue weighted by Crippen LogP contribution is 2.32. The highest BCUT2D eigenvalue weighted by Gasteiger charge is 2.17. The molecule has 8 heteroatoms. The molecule has 0 saturated heterocycles. The fourth-order valence-corrected chi connectivity index (χ4v) is 2.85. The van der Waals surface area contributed by atoms with Crippen LogP contribution in [0, 0.1) is 0 Å². The lowest BCUT2D eigenvalue weighted by Crippen LogP contribution is -2.27. The van der Waals surface area contributed by atoms with Crippen LogP contribution in [0.1, 0.15) is 34.0 Å². The molecule has 1 unspecified atom stereocenters. The average molecular weight is 356 g/mol. The van der Waals surface area contributed by atoms with Gasteiger partial charge in [-0.1, -0.05) is 6.07 Å². The number of fused-ring (bicyclic) bond motifs is 1. The van der Waals surface area contributed by atoms with Crippen LogP contribution in [0.5, 0.6) is 11.5 Å². The maximum atomic E-state index is 12.2. The summed E-state index contributed by atoms with van der Waals surface area (Å²) in [7, 11) is 0. The zero-order valence-corrected chi connectivity index (χ0v) is 14.2. The molecular weight excluding hydrogens is 338 g/mol. The molecule has 2 heterocycles. The Hall–Kier alpha value is -1.83. The summed E-state index contributed by atoms with van der Waals surface area (Å²) < 4.78 is 11.1. The molecular formula is C15H18ClN3O3S. The molecule has 0 spiro atoms. The van der Waals surface area contributed by atoms with Crippen LogP contribution in [-0.2, 0) is 6.54 Å². The van der Waals surface area contributed by atoms with Gasteiger partial charge in [-0.3, -0.25) is 4.79 Å². The van der Waals surface area contributed by atoms with Crippen molar-refractivity contribution >= 4 is 29.7 Å². The van der Waals surface area contributed by atoms with Gasteiger partial charge in [0.2, 0.25) is 0 Å². The molecule has 3 N–H and O–H groups in total. The summed E-state index contributed by atoms with van der Waals surface area (Å²) in [5.74, 6) is 1.24. The van der Waals surface area contributed by atoms with Crippen LogP contribution < -0.4 is 20.5 Å². The van der Waals surface area contributed by atoms with Gasteiger partial charge in [0.25, 0.3) is 5.91 Å². The molecule has 1 aromatic heterocycles. The maximum absolute atomic E-state index is 12.2. The highest BCUT2D eigenvalue weighted by atomic mass is 35.5. The van der Waals surface area contributed by atoms with E-state index in [1.54, 1.807) is 5.38 Å². The Kier molecular flexibility index (Phi) is 5.81. The quantitative estimate of drug-likeness (QED) is 0.878. The Morgan fingerprint density at radius 1 is 1.39 bits per heavy atom. The van der Waals surface area contributed by atoms with Crippen LogP contribution in [0.4, 0.5) is 0 Å². The number of nitrogens with two attached hydrogens (primary N) is 1. The third-order valence-electron chi connectivity index (χ3n) is 3.37. The molecule has 0 saturated carbocycles. The molecule has 6 nitrogen and oxygen atoms in total. The maximum Gasteiger partial charge on any atom is 0.271 e. The summed E-state index contributed by atoms with van der Waals surface area (Å²) in [5, 5.41) is 5.39. The van der Waals surface area contributed by atoms with Crippen LogP contribution in [0.2, 0.25) is 0 Å². The van der Waals surface area contributed by atoms with E-state index in [1.807, 2.05) is 25.1 Å². The van der Waals surface area contributed by atoms with Gasteiger partial charge in [-0.2, -0.15) is 0 Å². The Labute approximate surface area is 144 Å². The zero-order chi connectivity index (χ0) is 15.5. The molecule has 0 aliphatic carbocycles. The molecule has 1 amide bonds. The van der Waals surface area contributed by atoms with Crippen molar-refractivity contribution in [2.45, 2.75) is 19.5 Å². The first-order valence-electron chi connectivity index (χ1n) is 7.02. The molecule has 1 aromatic carbocycles. The van der Waals surface area contributed by atoms with Gasteiger partial charge in [-0.25, -0.2) is 4.98 Å². The van der Waals surface area contributed by atoms with Crippen molar-refractivity contribution in [2.24, 2.45) is 5.73 Å². The Morgan fingerprint density at radius 2 is 2.13 bits per heavy atom. The number of hydrogen-bond donors (Lipinski definition) is 2. The van der Waals surface area contributed by atoms with Gasteiger partial charge >= 0.3 is 0 Å². The topological polar surface area (TPSA) is 86.5 Å². The molecule has 3 rings (SSSR count). The summed E-state index contributed by atoms with van der Waals surface area (Å²) in [5.41, 5.74) is 6.86. The number of ether oxygens (including phenoxy) is 2. The second kappa shape index (κ2) is 7.63. The summed E-state index contributed by atoms with van der Waals surface area (Å²) in [6.45, 7) is 3.36. The summed E-state index contributed by atoms with van der Waals surface area (Å²) in [4.78, 5) is 16.4. The number of carbonyl (C=O) groups is 1. The predicted molar refractivity (Wildman–Crippen MR) is 90.6 cm³/mol. The van der Waals surface area contributed by atoms with E-state index in [4.69, 9.17) is 15.2 Å². The van der Waals surface area contributed by atoms with Crippen molar-refractivity contribution in [1.82, 2.24) is 10.3 Å². The number of carbonyl (C=O) groups excluding carboxylic acids is 1. The van der Waals surface area contributed by atoms with Crippen molar-refractivity contribution in [3.05, 3.63) is 39.8 Å². The van der Waals surface area contributed by atoms with Gasteiger partial charge in [0.15, 0.2) is 11.5 Å². The van der Waals surface area contributed by atoms with Crippen LogP contribution in [0.3, 0.4) is 0 Å². The van der Waals surface area contributed by atoms with Crippen LogP contribution in [0.15, 0.2) is 23.6 Å². The first-order valence-corrected chi connectivity index (χ1v) is 7.90. The van der Waals surface area contributed by atoms with E-state index in [1.165, 1.54) is 11.3 Å². The minimum absolute atomic E-state index is 0. The molecule has 124 valence electrons. The second-order valence-corrected chi connectivity index (χ2v) is 5.87. The number of nitrogens with zero attached hydrogens (tertiary/aromatic N) is 1.